The lowest BCUT2D eigenvalue weighted by atomic mass is 9.99. The lowest BCUT2D eigenvalue weighted by molar-refractivity contribution is -0.188. The molecule has 14 nitrogen and oxygen atoms in total. The summed E-state index contributed by atoms with van der Waals surface area (Å²) >= 11 is 0. The predicted octanol–water partition coefficient (Wildman–Crippen LogP) is 9.24. The van der Waals surface area contributed by atoms with Gasteiger partial charge in [-0.2, -0.15) is 13.2 Å². The molecule has 366 valence electrons. The molecule has 0 radical (unpaired) electrons. The molecule has 1 unspecified atom stereocenters. The number of aliphatic hydroxyl groups is 3. The minimum Gasteiger partial charge on any atom is -0.400 e. The van der Waals surface area contributed by atoms with Crippen molar-refractivity contribution in [3.05, 3.63) is 120 Å². The first-order chi connectivity index (χ1) is 33.3. The van der Waals surface area contributed by atoms with Crippen LogP contribution in [0.25, 0.3) is 22.6 Å². The predicted molar refractivity (Wildman–Crippen MR) is 250 cm³/mol. The van der Waals surface area contributed by atoms with Gasteiger partial charge in [0.15, 0.2) is 17.8 Å². The molecule has 5 heterocycles. The highest BCUT2D eigenvalue weighted by atomic mass is 19.4. The molecule has 17 heteroatoms. The molecule has 2 saturated carbocycles. The Kier molecular flexibility index (Phi) is 17.9. The largest absolute Gasteiger partial charge is 0.450 e. The van der Waals surface area contributed by atoms with Crippen molar-refractivity contribution < 1.29 is 51.8 Å². The van der Waals surface area contributed by atoms with Crippen LogP contribution in [-0.4, -0.2) is 83.8 Å². The number of aliphatic hydroxyl groups excluding tert-OH is 3. The van der Waals surface area contributed by atoms with Crippen LogP contribution in [0.2, 0.25) is 0 Å². The zero-order valence-corrected chi connectivity index (χ0v) is 39.5. The molecule has 0 spiro atoms. The van der Waals surface area contributed by atoms with Crippen molar-refractivity contribution in [3.8, 4) is 46.3 Å². The zero-order valence-electron chi connectivity index (χ0n) is 39.5. The van der Waals surface area contributed by atoms with Crippen LogP contribution in [0.15, 0.2) is 94.5 Å². The van der Waals surface area contributed by atoms with E-state index in [2.05, 4.69) is 50.9 Å². The van der Waals surface area contributed by atoms with Crippen molar-refractivity contribution in [1.29, 1.82) is 0 Å². The molecule has 0 bridgehead atoms. The third-order valence-electron chi connectivity index (χ3n) is 12.0. The fraction of sp³-hybridized carbons (Fsp3) is 0.442. The summed E-state index contributed by atoms with van der Waals surface area (Å²) in [7, 11) is 2.00. The number of hydrogen-bond donors (Lipinski definition) is 3. The van der Waals surface area contributed by atoms with Gasteiger partial charge in [-0.1, -0.05) is 40.9 Å². The van der Waals surface area contributed by atoms with E-state index in [0.717, 1.165) is 73.9 Å². The number of benzene rings is 2. The Labute approximate surface area is 399 Å². The average molecular weight is 953 g/mol. The number of Topliss-reactive ketones (excluding diaryl/α,β-unsaturated/α-hetero) is 1. The lowest BCUT2D eigenvalue weighted by Crippen LogP contribution is -2.25. The van der Waals surface area contributed by atoms with E-state index in [1.54, 1.807) is 31.5 Å². The molecule has 2 aromatic carbocycles. The molecule has 2 aliphatic carbocycles. The van der Waals surface area contributed by atoms with Crippen LogP contribution >= 0.6 is 0 Å². The van der Waals surface area contributed by atoms with Gasteiger partial charge in [0.25, 0.3) is 0 Å². The zero-order chi connectivity index (χ0) is 49.6. The Bertz CT molecular complexity index is 2680. The summed E-state index contributed by atoms with van der Waals surface area (Å²) in [6.45, 7) is 7.54. The second-order valence-electron chi connectivity index (χ2n) is 17.1. The van der Waals surface area contributed by atoms with E-state index in [0.29, 0.717) is 55.4 Å². The van der Waals surface area contributed by atoms with Crippen LogP contribution in [0.3, 0.4) is 0 Å². The molecule has 6 aromatic rings. The van der Waals surface area contributed by atoms with Gasteiger partial charge in [-0.25, -0.2) is 9.97 Å². The molecular weight excluding hydrogens is 894 g/mol. The summed E-state index contributed by atoms with van der Waals surface area (Å²) in [4.78, 5) is 20.0. The number of carbonyl (C=O) groups is 1. The van der Waals surface area contributed by atoms with E-state index in [-0.39, 0.29) is 17.8 Å². The van der Waals surface area contributed by atoms with Crippen molar-refractivity contribution in [1.82, 2.24) is 29.4 Å². The Morgan fingerprint density at radius 1 is 0.783 bits per heavy atom. The molecule has 3 aliphatic rings. The average Bonchev–Trinajstić information content (AvgIpc) is 3.89. The van der Waals surface area contributed by atoms with Gasteiger partial charge in [0, 0.05) is 97.3 Å². The number of rotatable bonds is 13. The van der Waals surface area contributed by atoms with E-state index >= 15 is 0 Å². The number of carbonyl (C=O) groups excluding carboxylic acids is 1. The highest BCUT2D eigenvalue weighted by Gasteiger charge is 2.49. The summed E-state index contributed by atoms with van der Waals surface area (Å²) in [6.07, 6.45) is 8.22. The molecule has 3 N–H and O–H groups in total. The maximum absolute atomic E-state index is 12.6. The Balaban J connectivity index is 0.000000222. The summed E-state index contributed by atoms with van der Waals surface area (Å²) in [5.74, 6) is 13.5. The van der Waals surface area contributed by atoms with Gasteiger partial charge >= 0.3 is 6.18 Å². The molecule has 3 fully saturated rings. The molecule has 3 atom stereocenters. The first-order valence-electron chi connectivity index (χ1n) is 22.9. The second kappa shape index (κ2) is 23.8. The Morgan fingerprint density at radius 3 is 1.72 bits per heavy atom. The topological polar surface area (TPSA) is 184 Å². The molecule has 1 aliphatic heterocycles. The maximum Gasteiger partial charge on any atom is 0.450 e. The number of hydrogen-bond acceptors (Lipinski definition) is 12. The first kappa shape index (κ1) is 52.0. The minimum atomic E-state index is -4.82. The number of nitrogens with zero attached hydrogens (tertiary/aromatic N) is 6. The SMILES string of the molecule is CCC1(C#Cc2ccc(-c3cc(Cn4ccnc4[C@H](C)O)no3)cc2)CC1.CO.CO.C[C@H](OC1CCCCO1)c1nccn1Cc1cc(-c2ccc(C#CC3(CC(=O)C(F)(F)F)CC3)cc2)on1. The van der Waals surface area contributed by atoms with Crippen LogP contribution in [0.4, 0.5) is 13.2 Å². The summed E-state index contributed by atoms with van der Waals surface area (Å²) in [5.41, 5.74) is 4.36. The van der Waals surface area contributed by atoms with Crippen molar-refractivity contribution >= 4 is 5.78 Å². The van der Waals surface area contributed by atoms with Gasteiger partial charge in [-0.05, 0) is 114 Å². The smallest absolute Gasteiger partial charge is 0.400 e. The van der Waals surface area contributed by atoms with Gasteiger partial charge in [-0.15, -0.1) is 0 Å². The van der Waals surface area contributed by atoms with Gasteiger partial charge < -0.3 is 43.0 Å². The normalized spacial score (nSPS) is 17.1. The van der Waals surface area contributed by atoms with E-state index in [9.17, 15) is 23.1 Å². The van der Waals surface area contributed by atoms with Crippen LogP contribution in [0, 0.1) is 34.5 Å². The third kappa shape index (κ3) is 14.4. The Morgan fingerprint density at radius 2 is 1.28 bits per heavy atom. The number of ether oxygens (including phenoxy) is 2. The minimum absolute atomic E-state index is 0.215. The monoisotopic (exact) mass is 952 g/mol. The third-order valence-corrected chi connectivity index (χ3v) is 12.0. The van der Waals surface area contributed by atoms with E-state index in [4.69, 9.17) is 28.7 Å². The van der Waals surface area contributed by atoms with Gasteiger partial charge in [0.2, 0.25) is 5.78 Å². The van der Waals surface area contributed by atoms with Gasteiger partial charge in [0.1, 0.15) is 35.2 Å². The van der Waals surface area contributed by atoms with E-state index in [1.165, 1.54) is 12.8 Å². The quantitative estimate of drug-likeness (QED) is 0.0935. The highest BCUT2D eigenvalue weighted by molar-refractivity contribution is 5.85. The van der Waals surface area contributed by atoms with Gasteiger partial charge in [0.05, 0.1) is 13.1 Å². The number of ketones is 1. The standard InChI is InChI=1S/C28H28F3N3O4.C22H23N3O2.2CH4O/c1-19(37-25-4-2-3-15-36-25)26-32-13-14-34(26)18-22-16-23(38-33-22)21-7-5-20(6-8-21)9-10-27(11-12-27)17-24(35)28(29,30)31;1-3-22(10-11-22)9-8-17-4-6-18(7-5-17)20-14-19(24-27-20)15-25-13-12-23-21(25)16(2)26;2*1-2/h5-8,13-14,16,19,25H,2-4,11-12,15,17-18H2,1H3;4-7,12-14,16,26H,3,10-11,15H2,1-2H3;2*2H,1H3/t19-,25?;16-;;/m00../s1. The van der Waals surface area contributed by atoms with E-state index in [1.807, 2.05) is 77.0 Å². The lowest BCUT2D eigenvalue weighted by Gasteiger charge is -2.26. The fourth-order valence-corrected chi connectivity index (χ4v) is 7.60. The first-order valence-corrected chi connectivity index (χ1v) is 22.9. The number of aromatic nitrogens is 6. The molecule has 69 heavy (non-hydrogen) atoms. The summed E-state index contributed by atoms with van der Waals surface area (Å²) in [6, 6.07) is 19.0. The van der Waals surface area contributed by atoms with Crippen molar-refractivity contribution in [2.24, 2.45) is 10.8 Å². The molecule has 1 saturated heterocycles. The molecule has 0 amide bonds. The van der Waals surface area contributed by atoms with Crippen LogP contribution in [0.1, 0.15) is 125 Å². The van der Waals surface area contributed by atoms with Crippen LogP contribution in [0.5, 0.6) is 0 Å². The van der Waals surface area contributed by atoms with Crippen LogP contribution < -0.4 is 0 Å². The van der Waals surface area contributed by atoms with E-state index < -0.39 is 29.9 Å². The fourth-order valence-electron chi connectivity index (χ4n) is 7.60. The highest BCUT2D eigenvalue weighted by Crippen LogP contribution is 2.50. The molecular formula is C52H59F3N6O8. The molecule has 9 rings (SSSR count). The van der Waals surface area contributed by atoms with Gasteiger partial charge in [-0.3, -0.25) is 4.79 Å². The van der Waals surface area contributed by atoms with Crippen molar-refractivity contribution in [2.45, 2.75) is 116 Å². The summed E-state index contributed by atoms with van der Waals surface area (Å²) < 4.78 is 64.4. The van der Waals surface area contributed by atoms with Crippen molar-refractivity contribution in [3.63, 3.8) is 0 Å². The Hall–Kier alpha value is -6.34. The number of imidazole rings is 2. The molecule has 4 aromatic heterocycles. The summed E-state index contributed by atoms with van der Waals surface area (Å²) in [5, 5.41) is 32.1. The maximum atomic E-state index is 12.6. The van der Waals surface area contributed by atoms with Crippen LogP contribution in [-0.2, 0) is 27.4 Å². The second-order valence-corrected chi connectivity index (χ2v) is 17.1. The van der Waals surface area contributed by atoms with Crippen molar-refractivity contribution in [2.75, 3.05) is 20.8 Å². The number of halogens is 3. The number of alkyl halides is 3.